The van der Waals surface area contributed by atoms with Crippen LogP contribution in [0, 0.1) is 5.82 Å². The highest BCUT2D eigenvalue weighted by Gasteiger charge is 2.10. The third-order valence-electron chi connectivity index (χ3n) is 3.64. The van der Waals surface area contributed by atoms with Gasteiger partial charge in [0, 0.05) is 24.0 Å². The van der Waals surface area contributed by atoms with Gasteiger partial charge in [0.2, 0.25) is 5.91 Å². The number of halogens is 3. The van der Waals surface area contributed by atoms with Crippen molar-refractivity contribution in [3.63, 3.8) is 0 Å². The molecular weight excluding hydrogens is 384 g/mol. The number of hydrogen-bond donors (Lipinski definition) is 2. The second-order valence-corrected chi connectivity index (χ2v) is 6.28. The topological polar surface area (TPSA) is 54.0 Å². The van der Waals surface area contributed by atoms with Crippen LogP contribution in [0.2, 0.25) is 0 Å². The standard InChI is InChI=1S/C17H18FN3OS.2ClH/c18-14-3-1-2-13(8-14)17-21-15(11-23-17)9-16(22)20-10-12-4-6-19-7-5-12;;/h1-4,8,11,19H,5-7,9-10H2,(H,20,22);2*1H. The third kappa shape index (κ3) is 6.40. The number of carbonyl (C=O) groups excluding carboxylic acids is 1. The average Bonchev–Trinajstić information content (AvgIpc) is 3.02. The molecule has 1 aromatic heterocycles. The number of benzene rings is 1. The smallest absolute Gasteiger partial charge is 0.226 e. The fraction of sp³-hybridized carbons (Fsp3) is 0.294. The minimum Gasteiger partial charge on any atom is -0.352 e. The van der Waals surface area contributed by atoms with Crippen molar-refractivity contribution in [1.82, 2.24) is 15.6 Å². The molecule has 0 bridgehead atoms. The summed E-state index contributed by atoms with van der Waals surface area (Å²) in [5.41, 5.74) is 2.71. The van der Waals surface area contributed by atoms with Crippen molar-refractivity contribution >= 4 is 42.1 Å². The maximum Gasteiger partial charge on any atom is 0.226 e. The lowest BCUT2D eigenvalue weighted by atomic mass is 10.1. The Bertz CT molecular complexity index is 736. The Hall–Kier alpha value is -1.47. The maximum absolute atomic E-state index is 13.2. The lowest BCUT2D eigenvalue weighted by Crippen LogP contribution is -2.30. The van der Waals surface area contributed by atoms with Gasteiger partial charge in [0.05, 0.1) is 12.1 Å². The molecule has 1 aliphatic rings. The van der Waals surface area contributed by atoms with E-state index in [2.05, 4.69) is 21.7 Å². The van der Waals surface area contributed by atoms with Crippen LogP contribution in [0.3, 0.4) is 0 Å². The van der Waals surface area contributed by atoms with Crippen LogP contribution >= 0.6 is 36.2 Å². The van der Waals surface area contributed by atoms with E-state index in [0.717, 1.165) is 30.1 Å². The summed E-state index contributed by atoms with van der Waals surface area (Å²) >= 11 is 1.42. The van der Waals surface area contributed by atoms with E-state index in [4.69, 9.17) is 0 Å². The van der Waals surface area contributed by atoms with Gasteiger partial charge in [-0.15, -0.1) is 36.2 Å². The summed E-state index contributed by atoms with van der Waals surface area (Å²) < 4.78 is 13.2. The van der Waals surface area contributed by atoms with Crippen molar-refractivity contribution in [3.05, 3.63) is 52.8 Å². The average molecular weight is 404 g/mol. The molecule has 0 fully saturated rings. The quantitative estimate of drug-likeness (QED) is 0.752. The molecular formula is C17H20Cl2FN3OS. The van der Waals surface area contributed by atoms with E-state index < -0.39 is 0 Å². The Morgan fingerprint density at radius 3 is 2.92 bits per heavy atom. The highest BCUT2D eigenvalue weighted by atomic mass is 35.5. The van der Waals surface area contributed by atoms with E-state index in [-0.39, 0.29) is 43.0 Å². The highest BCUT2D eigenvalue weighted by molar-refractivity contribution is 7.13. The Morgan fingerprint density at radius 1 is 1.36 bits per heavy atom. The van der Waals surface area contributed by atoms with Gasteiger partial charge in [-0.3, -0.25) is 4.79 Å². The monoisotopic (exact) mass is 403 g/mol. The predicted molar refractivity (Wildman–Crippen MR) is 104 cm³/mol. The van der Waals surface area contributed by atoms with Crippen molar-refractivity contribution in [1.29, 1.82) is 0 Å². The summed E-state index contributed by atoms with van der Waals surface area (Å²) in [6.07, 6.45) is 3.34. The first-order chi connectivity index (χ1) is 11.2. The van der Waals surface area contributed by atoms with Crippen LogP contribution in [0.15, 0.2) is 41.3 Å². The number of amides is 1. The van der Waals surface area contributed by atoms with Gasteiger partial charge in [-0.05, 0) is 25.1 Å². The maximum atomic E-state index is 13.2. The number of hydrogen-bond acceptors (Lipinski definition) is 4. The molecule has 4 nitrogen and oxygen atoms in total. The minimum atomic E-state index is -0.285. The van der Waals surface area contributed by atoms with Crippen molar-refractivity contribution in [2.24, 2.45) is 0 Å². The molecule has 25 heavy (non-hydrogen) atoms. The van der Waals surface area contributed by atoms with Crippen molar-refractivity contribution in [3.8, 4) is 10.6 Å². The van der Waals surface area contributed by atoms with Crippen LogP contribution in [0.4, 0.5) is 4.39 Å². The molecule has 2 heterocycles. The summed E-state index contributed by atoms with van der Waals surface area (Å²) in [4.78, 5) is 16.4. The van der Waals surface area contributed by atoms with Gasteiger partial charge in [0.1, 0.15) is 10.8 Å². The second kappa shape index (κ2) is 10.5. The normalized spacial score (nSPS) is 13.2. The number of carbonyl (C=O) groups is 1. The summed E-state index contributed by atoms with van der Waals surface area (Å²) in [5, 5.41) is 8.75. The summed E-state index contributed by atoms with van der Waals surface area (Å²) in [7, 11) is 0. The molecule has 2 aromatic rings. The summed E-state index contributed by atoms with van der Waals surface area (Å²) in [6.45, 7) is 2.43. The van der Waals surface area contributed by atoms with Crippen LogP contribution in [-0.2, 0) is 11.2 Å². The summed E-state index contributed by atoms with van der Waals surface area (Å²) in [5.74, 6) is -0.326. The number of nitrogens with zero attached hydrogens (tertiary/aromatic N) is 1. The SMILES string of the molecule is Cl.Cl.O=C(Cc1csc(-c2cccc(F)c2)n1)NCC1=CCNCC1. The number of thiazole rings is 1. The van der Waals surface area contributed by atoms with Gasteiger partial charge < -0.3 is 10.6 Å². The first kappa shape index (κ1) is 21.6. The number of rotatable bonds is 5. The van der Waals surface area contributed by atoms with Gasteiger partial charge >= 0.3 is 0 Å². The van der Waals surface area contributed by atoms with E-state index in [1.54, 1.807) is 6.07 Å². The van der Waals surface area contributed by atoms with Crippen LogP contribution in [0.1, 0.15) is 12.1 Å². The predicted octanol–water partition coefficient (Wildman–Crippen LogP) is 3.37. The second-order valence-electron chi connectivity index (χ2n) is 5.42. The van der Waals surface area contributed by atoms with Gasteiger partial charge in [0.25, 0.3) is 0 Å². The molecule has 0 radical (unpaired) electrons. The first-order valence-corrected chi connectivity index (χ1v) is 8.44. The van der Waals surface area contributed by atoms with Crippen LogP contribution in [0.25, 0.3) is 10.6 Å². The zero-order valence-electron chi connectivity index (χ0n) is 13.5. The molecule has 0 spiro atoms. The zero-order chi connectivity index (χ0) is 16.1. The van der Waals surface area contributed by atoms with Gasteiger partial charge in [-0.2, -0.15) is 0 Å². The van der Waals surface area contributed by atoms with Gasteiger partial charge in [-0.25, -0.2) is 9.37 Å². The molecule has 0 saturated heterocycles. The molecule has 3 rings (SSSR count). The van der Waals surface area contributed by atoms with Crippen molar-refractivity contribution in [2.45, 2.75) is 12.8 Å². The molecule has 8 heteroatoms. The minimum absolute atomic E-state index is 0. The molecule has 0 saturated carbocycles. The molecule has 1 aromatic carbocycles. The third-order valence-corrected chi connectivity index (χ3v) is 4.58. The zero-order valence-corrected chi connectivity index (χ0v) is 15.9. The van der Waals surface area contributed by atoms with Gasteiger partial charge in [0.15, 0.2) is 0 Å². The molecule has 0 aliphatic carbocycles. The largest absolute Gasteiger partial charge is 0.352 e. The van der Waals surface area contributed by atoms with Crippen molar-refractivity contribution in [2.75, 3.05) is 19.6 Å². The van der Waals surface area contributed by atoms with Gasteiger partial charge in [-0.1, -0.05) is 23.8 Å². The fourth-order valence-corrected chi connectivity index (χ4v) is 3.23. The van der Waals surface area contributed by atoms with E-state index in [9.17, 15) is 9.18 Å². The highest BCUT2D eigenvalue weighted by Crippen LogP contribution is 2.24. The van der Waals surface area contributed by atoms with Crippen LogP contribution in [0.5, 0.6) is 0 Å². The summed E-state index contributed by atoms with van der Waals surface area (Å²) in [6, 6.07) is 6.33. The Morgan fingerprint density at radius 2 is 2.20 bits per heavy atom. The molecule has 2 N–H and O–H groups in total. The number of aromatic nitrogens is 1. The first-order valence-electron chi connectivity index (χ1n) is 7.56. The molecule has 1 aliphatic heterocycles. The van der Waals surface area contributed by atoms with E-state index >= 15 is 0 Å². The molecule has 136 valence electrons. The van der Waals surface area contributed by atoms with Crippen molar-refractivity contribution < 1.29 is 9.18 Å². The molecule has 0 atom stereocenters. The van der Waals surface area contributed by atoms with E-state index in [1.807, 2.05) is 11.4 Å². The molecule has 0 unspecified atom stereocenters. The fourth-order valence-electron chi connectivity index (χ4n) is 2.41. The van der Waals surface area contributed by atoms with E-state index in [0.29, 0.717) is 12.2 Å². The lowest BCUT2D eigenvalue weighted by molar-refractivity contribution is -0.120. The lowest BCUT2D eigenvalue weighted by Gasteiger charge is -2.14. The van der Waals surface area contributed by atoms with Crippen LogP contribution in [-0.4, -0.2) is 30.5 Å². The number of nitrogens with one attached hydrogen (secondary N) is 2. The molecule has 1 amide bonds. The Kier molecular flexibility index (Phi) is 9.06. The van der Waals surface area contributed by atoms with E-state index in [1.165, 1.54) is 29.0 Å². The van der Waals surface area contributed by atoms with Crippen LogP contribution < -0.4 is 10.6 Å². The Labute approximate surface area is 162 Å². The Balaban J connectivity index is 0.00000156.